The van der Waals surface area contributed by atoms with E-state index >= 15 is 0 Å². The predicted octanol–water partition coefficient (Wildman–Crippen LogP) is 1.44. The molecule has 0 unspecified atom stereocenters. The molecule has 2 amide bonds. The molecule has 3 heterocycles. The predicted molar refractivity (Wildman–Crippen MR) is 83.9 cm³/mol. The second-order valence-electron chi connectivity index (χ2n) is 6.32. The van der Waals surface area contributed by atoms with Gasteiger partial charge in [0.1, 0.15) is 0 Å². The third-order valence-corrected chi connectivity index (χ3v) is 4.51. The lowest BCUT2D eigenvalue weighted by Crippen LogP contribution is -2.44. The number of carbonyl (C=O) groups excluding carboxylic acids is 1. The van der Waals surface area contributed by atoms with E-state index in [1.165, 1.54) is 0 Å². The van der Waals surface area contributed by atoms with Crippen molar-refractivity contribution in [1.82, 2.24) is 24.8 Å². The highest BCUT2D eigenvalue weighted by Crippen LogP contribution is 2.29. The summed E-state index contributed by atoms with van der Waals surface area (Å²) in [7, 11) is 0. The Morgan fingerprint density at radius 1 is 1.35 bits per heavy atom. The van der Waals surface area contributed by atoms with Gasteiger partial charge in [-0.25, -0.2) is 4.79 Å². The molecule has 2 aromatic rings. The lowest BCUT2D eigenvalue weighted by molar-refractivity contribution is 0.162. The summed E-state index contributed by atoms with van der Waals surface area (Å²) in [6, 6.07) is 6.13. The van der Waals surface area contributed by atoms with Crippen LogP contribution in [0.2, 0.25) is 0 Å². The van der Waals surface area contributed by atoms with Gasteiger partial charge >= 0.3 is 6.03 Å². The number of carbonyl (C=O) groups is 1. The lowest BCUT2D eigenvalue weighted by Gasteiger charge is -2.25. The number of rotatable bonds is 5. The molecule has 1 saturated heterocycles. The molecule has 1 aliphatic carbocycles. The van der Waals surface area contributed by atoms with Crippen molar-refractivity contribution in [3.8, 4) is 0 Å². The van der Waals surface area contributed by atoms with Gasteiger partial charge in [-0.2, -0.15) is 0 Å². The number of nitrogens with zero attached hydrogens (tertiary/aromatic N) is 4. The number of amides is 2. The molecule has 7 nitrogen and oxygen atoms in total. The number of nitrogens with one attached hydrogen (secondary N) is 1. The van der Waals surface area contributed by atoms with Gasteiger partial charge in [-0.1, -0.05) is 6.07 Å². The van der Waals surface area contributed by atoms with Crippen molar-refractivity contribution in [3.05, 3.63) is 30.2 Å². The summed E-state index contributed by atoms with van der Waals surface area (Å²) in [6.07, 6.45) is 5.17. The maximum Gasteiger partial charge on any atom is 0.318 e. The first-order valence-corrected chi connectivity index (χ1v) is 8.22. The molecule has 1 N–H and O–H groups in total. The summed E-state index contributed by atoms with van der Waals surface area (Å²) in [4.78, 5) is 14.5. The number of fused-ring (bicyclic) bond motifs is 1. The maximum atomic E-state index is 12.6. The second-order valence-corrected chi connectivity index (χ2v) is 6.32. The molecule has 1 aliphatic heterocycles. The van der Waals surface area contributed by atoms with Crippen LogP contribution >= 0.6 is 0 Å². The van der Waals surface area contributed by atoms with E-state index in [1.54, 1.807) is 0 Å². The van der Waals surface area contributed by atoms with Gasteiger partial charge in [-0.05, 0) is 31.4 Å². The van der Waals surface area contributed by atoms with Crippen molar-refractivity contribution in [2.75, 3.05) is 19.8 Å². The molecule has 0 spiro atoms. The Hall–Kier alpha value is -2.15. The van der Waals surface area contributed by atoms with Crippen LogP contribution in [0.4, 0.5) is 4.79 Å². The first kappa shape index (κ1) is 14.4. The SMILES string of the molecule is O=C(NCc1nnc2ccccn12)N(C[C@H]1CCOC1)C1CC1. The molecule has 4 rings (SSSR count). The molecule has 2 aliphatic rings. The van der Waals surface area contributed by atoms with E-state index in [4.69, 9.17) is 4.74 Å². The van der Waals surface area contributed by atoms with Gasteiger partial charge in [0, 0.05) is 31.3 Å². The van der Waals surface area contributed by atoms with E-state index < -0.39 is 0 Å². The van der Waals surface area contributed by atoms with Crippen molar-refractivity contribution in [2.24, 2.45) is 5.92 Å². The first-order valence-electron chi connectivity index (χ1n) is 8.22. The Labute approximate surface area is 134 Å². The summed E-state index contributed by atoms with van der Waals surface area (Å²) in [5.74, 6) is 1.21. The van der Waals surface area contributed by atoms with Gasteiger partial charge in [0.15, 0.2) is 11.5 Å². The molecule has 23 heavy (non-hydrogen) atoms. The minimum absolute atomic E-state index is 0.00733. The molecule has 7 heteroatoms. The number of aromatic nitrogens is 3. The fourth-order valence-corrected chi connectivity index (χ4v) is 3.06. The van der Waals surface area contributed by atoms with Crippen molar-refractivity contribution in [3.63, 3.8) is 0 Å². The highest BCUT2D eigenvalue weighted by molar-refractivity contribution is 5.74. The number of pyridine rings is 1. The third kappa shape index (κ3) is 3.14. The molecule has 0 aromatic carbocycles. The quantitative estimate of drug-likeness (QED) is 0.906. The van der Waals surface area contributed by atoms with Crippen LogP contribution < -0.4 is 5.32 Å². The monoisotopic (exact) mass is 315 g/mol. The molecule has 0 bridgehead atoms. The minimum Gasteiger partial charge on any atom is -0.381 e. The Morgan fingerprint density at radius 3 is 3.04 bits per heavy atom. The number of hydrogen-bond donors (Lipinski definition) is 1. The van der Waals surface area contributed by atoms with Crippen LogP contribution in [0.5, 0.6) is 0 Å². The topological polar surface area (TPSA) is 71.8 Å². The fraction of sp³-hybridized carbons (Fsp3) is 0.562. The Balaban J connectivity index is 1.39. The minimum atomic E-state index is -0.00733. The van der Waals surface area contributed by atoms with Crippen molar-refractivity contribution >= 4 is 11.7 Å². The van der Waals surface area contributed by atoms with Crippen LogP contribution in [-0.4, -0.2) is 51.3 Å². The summed E-state index contributed by atoms with van der Waals surface area (Å²) >= 11 is 0. The largest absolute Gasteiger partial charge is 0.381 e. The van der Waals surface area contributed by atoms with Gasteiger partial charge < -0.3 is 15.0 Å². The van der Waals surface area contributed by atoms with Gasteiger partial charge in [-0.15, -0.1) is 10.2 Å². The summed E-state index contributed by atoms with van der Waals surface area (Å²) in [5, 5.41) is 11.2. The highest BCUT2D eigenvalue weighted by atomic mass is 16.5. The van der Waals surface area contributed by atoms with Crippen LogP contribution in [0.3, 0.4) is 0 Å². The standard InChI is InChI=1S/C16H21N5O2/c22-16(21(13-4-5-13)10-12-6-8-23-11-12)17-9-15-19-18-14-3-1-2-7-20(14)15/h1-3,7,12-13H,4-6,8-11H2,(H,17,22)/t12-/m1/s1. The lowest BCUT2D eigenvalue weighted by atomic mass is 10.1. The van der Waals surface area contributed by atoms with Crippen LogP contribution in [0.25, 0.3) is 5.65 Å². The molecule has 1 atom stereocenters. The number of urea groups is 1. The fourth-order valence-electron chi connectivity index (χ4n) is 3.06. The van der Waals surface area contributed by atoms with Gasteiger partial charge in [0.2, 0.25) is 0 Å². The van der Waals surface area contributed by atoms with Gasteiger partial charge in [0.05, 0.1) is 13.2 Å². The Morgan fingerprint density at radius 2 is 2.26 bits per heavy atom. The van der Waals surface area contributed by atoms with Gasteiger partial charge in [0.25, 0.3) is 0 Å². The van der Waals surface area contributed by atoms with Crippen LogP contribution in [0.1, 0.15) is 25.1 Å². The van der Waals surface area contributed by atoms with Crippen molar-refractivity contribution in [2.45, 2.75) is 31.8 Å². The maximum absolute atomic E-state index is 12.6. The van der Waals surface area contributed by atoms with Crippen molar-refractivity contribution in [1.29, 1.82) is 0 Å². The normalized spacial score (nSPS) is 20.8. The molecule has 2 fully saturated rings. The van der Waals surface area contributed by atoms with E-state index in [2.05, 4.69) is 15.5 Å². The summed E-state index contributed by atoms with van der Waals surface area (Å²) < 4.78 is 7.32. The molecular formula is C16H21N5O2. The zero-order valence-corrected chi connectivity index (χ0v) is 13.0. The van der Waals surface area contributed by atoms with E-state index in [9.17, 15) is 4.79 Å². The highest BCUT2D eigenvalue weighted by Gasteiger charge is 2.34. The summed E-state index contributed by atoms with van der Waals surface area (Å²) in [6.45, 7) is 2.76. The molecule has 2 aromatic heterocycles. The van der Waals surface area contributed by atoms with E-state index in [1.807, 2.05) is 33.7 Å². The zero-order valence-electron chi connectivity index (χ0n) is 13.0. The second kappa shape index (κ2) is 6.16. The molecular weight excluding hydrogens is 294 g/mol. The third-order valence-electron chi connectivity index (χ3n) is 4.51. The van der Waals surface area contributed by atoms with Crippen molar-refractivity contribution < 1.29 is 9.53 Å². The van der Waals surface area contributed by atoms with Crippen LogP contribution in [0.15, 0.2) is 24.4 Å². The number of hydrogen-bond acceptors (Lipinski definition) is 4. The molecule has 122 valence electrons. The Kier molecular flexibility index (Phi) is 3.87. The van der Waals surface area contributed by atoms with Crippen LogP contribution in [-0.2, 0) is 11.3 Å². The van der Waals surface area contributed by atoms with Crippen LogP contribution in [0, 0.1) is 5.92 Å². The smallest absolute Gasteiger partial charge is 0.318 e. The molecule has 0 radical (unpaired) electrons. The Bertz CT molecular complexity index is 691. The average molecular weight is 315 g/mol. The van der Waals surface area contributed by atoms with E-state index in [0.29, 0.717) is 18.5 Å². The first-order chi connectivity index (χ1) is 11.3. The van der Waals surface area contributed by atoms with Gasteiger partial charge in [-0.3, -0.25) is 4.40 Å². The summed E-state index contributed by atoms with van der Waals surface area (Å²) in [5.41, 5.74) is 0.791. The van der Waals surface area contributed by atoms with E-state index in [0.717, 1.165) is 50.5 Å². The van der Waals surface area contributed by atoms with E-state index in [-0.39, 0.29) is 6.03 Å². The molecule has 1 saturated carbocycles. The zero-order chi connectivity index (χ0) is 15.6. The average Bonchev–Trinajstić information content (AvgIpc) is 3.12. The number of ether oxygens (including phenoxy) is 1.